The van der Waals surface area contributed by atoms with E-state index in [0.717, 1.165) is 96.3 Å². The van der Waals surface area contributed by atoms with E-state index < -0.39 is 6.10 Å². The zero-order chi connectivity index (χ0) is 55.7. The fourth-order valence-electron chi connectivity index (χ4n) is 9.70. The van der Waals surface area contributed by atoms with E-state index in [1.54, 1.807) is 0 Å². The van der Waals surface area contributed by atoms with Crippen LogP contribution in [0.4, 0.5) is 0 Å². The van der Waals surface area contributed by atoms with Crippen molar-refractivity contribution in [3.05, 3.63) is 72.9 Å². The van der Waals surface area contributed by atoms with Crippen LogP contribution in [0, 0.1) is 0 Å². The average molecular weight is 1080 g/mol. The molecule has 446 valence electrons. The molecule has 0 aromatic rings. The largest absolute Gasteiger partial charge is 0.462 e. The average Bonchev–Trinajstić information content (AvgIpc) is 3.43. The number of unbranched alkanes of at least 4 members (excludes halogenated alkanes) is 38. The molecule has 0 fully saturated rings. The molecule has 0 aliphatic heterocycles. The fraction of sp³-hybridized carbons (Fsp3) is 0.789. The molecule has 6 heteroatoms. The summed E-state index contributed by atoms with van der Waals surface area (Å²) in [6.07, 6.45) is 85.0. The van der Waals surface area contributed by atoms with Gasteiger partial charge in [0, 0.05) is 19.3 Å². The van der Waals surface area contributed by atoms with Crippen molar-refractivity contribution in [3.8, 4) is 0 Å². The van der Waals surface area contributed by atoms with Gasteiger partial charge in [-0.25, -0.2) is 0 Å². The van der Waals surface area contributed by atoms with Crippen LogP contribution in [0.15, 0.2) is 72.9 Å². The Balaban J connectivity index is 4.17. The second-order valence-electron chi connectivity index (χ2n) is 22.4. The van der Waals surface area contributed by atoms with Gasteiger partial charge in [0.2, 0.25) is 0 Å². The summed E-state index contributed by atoms with van der Waals surface area (Å²) in [7, 11) is 0. The van der Waals surface area contributed by atoms with Crippen LogP contribution in [-0.4, -0.2) is 37.2 Å². The minimum atomic E-state index is -0.785. The van der Waals surface area contributed by atoms with Crippen molar-refractivity contribution in [1.29, 1.82) is 0 Å². The van der Waals surface area contributed by atoms with E-state index in [0.29, 0.717) is 19.3 Å². The van der Waals surface area contributed by atoms with E-state index >= 15 is 0 Å². The molecule has 0 amide bonds. The third-order valence-electron chi connectivity index (χ3n) is 14.7. The van der Waals surface area contributed by atoms with Gasteiger partial charge < -0.3 is 14.2 Å². The normalized spacial score (nSPS) is 12.5. The van der Waals surface area contributed by atoms with Crippen molar-refractivity contribution in [2.45, 2.75) is 348 Å². The summed E-state index contributed by atoms with van der Waals surface area (Å²) in [4.78, 5) is 38.3. The van der Waals surface area contributed by atoms with Gasteiger partial charge in [0.1, 0.15) is 13.2 Å². The van der Waals surface area contributed by atoms with Gasteiger partial charge in [0.15, 0.2) is 6.10 Å². The minimum Gasteiger partial charge on any atom is -0.462 e. The lowest BCUT2D eigenvalue weighted by Crippen LogP contribution is -2.30. The molecule has 0 heterocycles. The maximum Gasteiger partial charge on any atom is 0.306 e. The highest BCUT2D eigenvalue weighted by molar-refractivity contribution is 5.71. The molecule has 0 aromatic heterocycles. The van der Waals surface area contributed by atoms with Crippen LogP contribution in [0.1, 0.15) is 342 Å². The van der Waals surface area contributed by atoms with Gasteiger partial charge in [-0.05, 0) is 89.9 Å². The lowest BCUT2D eigenvalue weighted by molar-refractivity contribution is -0.167. The third-order valence-corrected chi connectivity index (χ3v) is 14.7. The Morgan fingerprint density at radius 1 is 0.273 bits per heavy atom. The van der Waals surface area contributed by atoms with Gasteiger partial charge in [0.25, 0.3) is 0 Å². The lowest BCUT2D eigenvalue weighted by atomic mass is 10.0. The molecule has 1 atom stereocenters. The van der Waals surface area contributed by atoms with Crippen molar-refractivity contribution in [2.24, 2.45) is 0 Å². The zero-order valence-corrected chi connectivity index (χ0v) is 51.2. The number of esters is 3. The molecule has 0 aliphatic rings. The highest BCUT2D eigenvalue weighted by Gasteiger charge is 2.19. The first-order chi connectivity index (χ1) is 38.0. The molecule has 0 aliphatic carbocycles. The van der Waals surface area contributed by atoms with E-state index in [1.807, 2.05) is 0 Å². The Labute approximate surface area is 478 Å². The summed E-state index contributed by atoms with van der Waals surface area (Å²) in [6, 6.07) is 0. The molecule has 0 saturated heterocycles. The third kappa shape index (κ3) is 63.6. The van der Waals surface area contributed by atoms with E-state index in [-0.39, 0.29) is 31.1 Å². The Bertz CT molecular complexity index is 1420. The van der Waals surface area contributed by atoms with E-state index in [4.69, 9.17) is 14.2 Å². The van der Waals surface area contributed by atoms with Crippen LogP contribution in [0.2, 0.25) is 0 Å². The first kappa shape index (κ1) is 73.8. The first-order valence-electron chi connectivity index (χ1n) is 33.4. The van der Waals surface area contributed by atoms with Crippen LogP contribution in [-0.2, 0) is 28.6 Å². The van der Waals surface area contributed by atoms with Gasteiger partial charge in [-0.15, -0.1) is 0 Å². The number of rotatable bonds is 61. The fourth-order valence-corrected chi connectivity index (χ4v) is 9.70. The van der Waals surface area contributed by atoms with Crippen molar-refractivity contribution in [2.75, 3.05) is 13.2 Å². The smallest absolute Gasteiger partial charge is 0.306 e. The molecule has 0 rings (SSSR count). The Hall–Kier alpha value is -3.15. The summed E-state index contributed by atoms with van der Waals surface area (Å²) in [5, 5.41) is 0. The quantitative estimate of drug-likeness (QED) is 0.0261. The Morgan fingerprint density at radius 2 is 0.506 bits per heavy atom. The Kier molecular flexibility index (Phi) is 62.7. The number of carbonyl (C=O) groups is 3. The molecule has 0 radical (unpaired) electrons. The predicted molar refractivity (Wildman–Crippen MR) is 335 cm³/mol. The van der Waals surface area contributed by atoms with Crippen molar-refractivity contribution < 1.29 is 28.6 Å². The molecule has 0 saturated carbocycles. The molecule has 0 spiro atoms. The highest BCUT2D eigenvalue weighted by atomic mass is 16.6. The predicted octanol–water partition coefficient (Wildman–Crippen LogP) is 22.9. The molecule has 6 nitrogen and oxygen atoms in total. The standard InChI is InChI=1S/C71H126O6/c1-4-7-10-13-16-19-22-25-27-28-29-30-31-32-33-34-35-36-37-38-39-40-41-42-44-46-49-52-55-58-61-64-70(73)76-67-68(66-75-69(72)63-60-57-54-51-48-45-24-21-18-15-12-9-6-3)77-71(74)65-62-59-56-53-50-47-43-26-23-20-17-14-11-8-5-2/h9,12,18,21-22,25,28-29,31-32,45,48,68H,4-8,10-11,13-17,19-20,23-24,26-27,30,33-44,46-47,49-67H2,1-3H3/b12-9-,21-18-,25-22-,29-28-,32-31-,48-45-. The zero-order valence-electron chi connectivity index (χ0n) is 51.2. The van der Waals surface area contributed by atoms with Crippen molar-refractivity contribution in [3.63, 3.8) is 0 Å². The number of carbonyl (C=O) groups excluding carboxylic acids is 3. The summed E-state index contributed by atoms with van der Waals surface area (Å²) in [6.45, 7) is 6.53. The summed E-state index contributed by atoms with van der Waals surface area (Å²) < 4.78 is 16.9. The lowest BCUT2D eigenvalue weighted by Gasteiger charge is -2.18. The summed E-state index contributed by atoms with van der Waals surface area (Å²) >= 11 is 0. The number of hydrogen-bond donors (Lipinski definition) is 0. The van der Waals surface area contributed by atoms with Crippen molar-refractivity contribution in [1.82, 2.24) is 0 Å². The summed E-state index contributed by atoms with van der Waals surface area (Å²) in [5.41, 5.74) is 0. The summed E-state index contributed by atoms with van der Waals surface area (Å²) in [5.74, 6) is -0.894. The topological polar surface area (TPSA) is 78.9 Å². The van der Waals surface area contributed by atoms with Crippen LogP contribution >= 0.6 is 0 Å². The highest BCUT2D eigenvalue weighted by Crippen LogP contribution is 2.17. The van der Waals surface area contributed by atoms with Crippen LogP contribution in [0.5, 0.6) is 0 Å². The van der Waals surface area contributed by atoms with E-state index in [1.165, 1.54) is 205 Å². The van der Waals surface area contributed by atoms with Gasteiger partial charge in [-0.2, -0.15) is 0 Å². The second kappa shape index (κ2) is 65.4. The van der Waals surface area contributed by atoms with Gasteiger partial charge >= 0.3 is 17.9 Å². The van der Waals surface area contributed by atoms with Crippen LogP contribution in [0.3, 0.4) is 0 Å². The number of hydrogen-bond acceptors (Lipinski definition) is 6. The van der Waals surface area contributed by atoms with E-state index in [9.17, 15) is 14.4 Å². The van der Waals surface area contributed by atoms with E-state index in [2.05, 4.69) is 93.7 Å². The number of ether oxygens (including phenoxy) is 3. The minimum absolute atomic E-state index is 0.0809. The first-order valence-corrected chi connectivity index (χ1v) is 33.4. The molecule has 0 bridgehead atoms. The van der Waals surface area contributed by atoms with Gasteiger partial charge in [0.05, 0.1) is 0 Å². The molecule has 1 unspecified atom stereocenters. The van der Waals surface area contributed by atoms with Crippen LogP contribution < -0.4 is 0 Å². The maximum absolute atomic E-state index is 12.9. The molecule has 77 heavy (non-hydrogen) atoms. The molecular weight excluding hydrogens is 949 g/mol. The SMILES string of the molecule is CC/C=C\C/C=C\C/C=C\CCCCCC(=O)OCC(COC(=O)CCCCCCCCCCCCCCCCCC/C=C\C/C=C\C/C=C\CCCCCCC)OC(=O)CCCCCCCCCCCCCCCCC. The molecule has 0 N–H and O–H groups in total. The monoisotopic (exact) mass is 1070 g/mol. The van der Waals surface area contributed by atoms with Crippen molar-refractivity contribution >= 4 is 17.9 Å². The van der Waals surface area contributed by atoms with Gasteiger partial charge in [-0.3, -0.25) is 14.4 Å². The number of allylic oxidation sites excluding steroid dienone is 12. The van der Waals surface area contributed by atoms with Gasteiger partial charge in [-0.1, -0.05) is 306 Å². The Morgan fingerprint density at radius 3 is 0.805 bits per heavy atom. The molecular formula is C71H126O6. The molecule has 0 aromatic carbocycles. The maximum atomic E-state index is 12.9. The van der Waals surface area contributed by atoms with Crippen LogP contribution in [0.25, 0.3) is 0 Å². The second-order valence-corrected chi connectivity index (χ2v) is 22.4.